The number of rotatable bonds is 17. The van der Waals surface area contributed by atoms with Crippen LogP contribution in [0.5, 0.6) is 5.75 Å². The molecule has 0 fully saturated rings. The molecule has 2 aromatic carbocycles. The average molecular weight is 659 g/mol. The van der Waals surface area contributed by atoms with Crippen LogP contribution < -0.4 is 15.4 Å². The monoisotopic (exact) mass is 658 g/mol. The van der Waals surface area contributed by atoms with Gasteiger partial charge in [-0.15, -0.1) is 11.8 Å². The fraction of sp³-hybridized carbons (Fsp3) is 0.448. The molecule has 0 heterocycles. The van der Waals surface area contributed by atoms with E-state index in [1.54, 1.807) is 39.0 Å². The molecular formula is C29H36ClFN2O8S2. The van der Waals surface area contributed by atoms with E-state index in [4.69, 9.17) is 16.3 Å². The Balaban J connectivity index is 2.13. The zero-order chi connectivity index (χ0) is 32.3. The van der Waals surface area contributed by atoms with Crippen LogP contribution in [0.3, 0.4) is 0 Å². The molecule has 0 bridgehead atoms. The van der Waals surface area contributed by atoms with Gasteiger partial charge in [-0.05, 0) is 36.6 Å². The van der Waals surface area contributed by atoms with Gasteiger partial charge in [-0.1, -0.05) is 43.6 Å². The third-order valence-electron chi connectivity index (χ3n) is 6.11. The number of benzene rings is 2. The van der Waals surface area contributed by atoms with Gasteiger partial charge >= 0.3 is 5.97 Å². The summed E-state index contributed by atoms with van der Waals surface area (Å²) in [6.45, 7) is 5.41. The van der Waals surface area contributed by atoms with Gasteiger partial charge in [0, 0.05) is 28.2 Å². The maximum absolute atomic E-state index is 14.0. The number of aliphatic carboxylic acids is 1. The molecule has 0 spiro atoms. The summed E-state index contributed by atoms with van der Waals surface area (Å²) in [5.41, 5.74) is 1.10. The molecule has 0 aliphatic heterocycles. The first-order valence-electron chi connectivity index (χ1n) is 13.4. The molecule has 43 heavy (non-hydrogen) atoms. The molecule has 0 aromatic heterocycles. The van der Waals surface area contributed by atoms with E-state index in [0.29, 0.717) is 23.5 Å². The Kier molecular flexibility index (Phi) is 13.9. The summed E-state index contributed by atoms with van der Waals surface area (Å²) in [6, 6.07) is 6.44. The summed E-state index contributed by atoms with van der Waals surface area (Å²) >= 11 is 7.04. The lowest BCUT2D eigenvalue weighted by Crippen LogP contribution is -2.54. The minimum absolute atomic E-state index is 0.0603. The van der Waals surface area contributed by atoms with Crippen molar-refractivity contribution in [2.75, 3.05) is 18.6 Å². The third kappa shape index (κ3) is 12.2. The van der Waals surface area contributed by atoms with Crippen molar-refractivity contribution in [2.24, 2.45) is 5.92 Å². The molecule has 1 unspecified atom stereocenters. The average Bonchev–Trinajstić information content (AvgIpc) is 2.88. The maximum Gasteiger partial charge on any atom is 0.305 e. The van der Waals surface area contributed by atoms with Gasteiger partial charge in [0.2, 0.25) is 11.8 Å². The van der Waals surface area contributed by atoms with Crippen molar-refractivity contribution in [3.8, 4) is 5.75 Å². The Labute approximate surface area is 260 Å². The summed E-state index contributed by atoms with van der Waals surface area (Å²) in [5, 5.41) is 14.6. The van der Waals surface area contributed by atoms with E-state index in [1.165, 1.54) is 18.2 Å². The SMILES string of the molecule is CCOc1ccc(CS(C)(=O)=O)cc1CC(=O)N[C@H](C(=O)NC(CC(=O)O)C(=O)CSCc1c(F)cccc1Cl)C(C)C. The van der Waals surface area contributed by atoms with Gasteiger partial charge in [0.05, 0.1) is 37.0 Å². The molecule has 10 nitrogen and oxygen atoms in total. The minimum Gasteiger partial charge on any atom is -0.494 e. The fourth-order valence-electron chi connectivity index (χ4n) is 4.10. The first-order chi connectivity index (χ1) is 20.1. The van der Waals surface area contributed by atoms with Crippen molar-refractivity contribution in [1.82, 2.24) is 10.6 Å². The van der Waals surface area contributed by atoms with Crippen molar-refractivity contribution < 1.29 is 41.8 Å². The standard InChI is InChI=1S/C29H36ClFN2O8S2/c1-5-41-25-10-9-18(16-43(4,39)40)11-19(25)12-26(35)33-28(17(2)3)29(38)32-23(13-27(36)37)24(34)15-42-14-20-21(30)7-6-8-22(20)31/h6-11,17,23,28H,5,12-16H2,1-4H3,(H,32,38)(H,33,35)(H,36,37)/t23?,28-/m0/s1. The van der Waals surface area contributed by atoms with Gasteiger partial charge in [0.1, 0.15) is 17.6 Å². The van der Waals surface area contributed by atoms with Crippen LogP contribution in [-0.4, -0.2) is 67.8 Å². The number of sulfone groups is 1. The Morgan fingerprint density at radius 1 is 1.12 bits per heavy atom. The van der Waals surface area contributed by atoms with Crippen LogP contribution >= 0.6 is 23.4 Å². The summed E-state index contributed by atoms with van der Waals surface area (Å²) in [6.07, 6.45) is 0.187. The van der Waals surface area contributed by atoms with Crippen molar-refractivity contribution in [1.29, 1.82) is 0 Å². The van der Waals surface area contributed by atoms with Gasteiger partial charge in [0.25, 0.3) is 0 Å². The number of carbonyl (C=O) groups excluding carboxylic acids is 3. The van der Waals surface area contributed by atoms with Gasteiger partial charge in [-0.2, -0.15) is 0 Å². The number of ether oxygens (including phenoxy) is 1. The number of carboxylic acid groups (broad SMARTS) is 1. The second-order valence-electron chi connectivity index (χ2n) is 10.2. The first-order valence-corrected chi connectivity index (χ1v) is 17.0. The Morgan fingerprint density at radius 3 is 2.40 bits per heavy atom. The molecule has 0 radical (unpaired) electrons. The summed E-state index contributed by atoms with van der Waals surface area (Å²) in [7, 11) is -3.33. The highest BCUT2D eigenvalue weighted by molar-refractivity contribution is 7.99. The number of carbonyl (C=O) groups is 4. The van der Waals surface area contributed by atoms with Crippen molar-refractivity contribution in [2.45, 2.75) is 57.2 Å². The van der Waals surface area contributed by atoms with E-state index in [0.717, 1.165) is 18.0 Å². The molecule has 0 aliphatic rings. The van der Waals surface area contributed by atoms with Crippen LogP contribution in [-0.2, 0) is 46.9 Å². The number of amides is 2. The molecule has 0 saturated carbocycles. The Bertz CT molecular complexity index is 1420. The second-order valence-corrected chi connectivity index (χ2v) is 13.8. The predicted molar refractivity (Wildman–Crippen MR) is 163 cm³/mol. The van der Waals surface area contributed by atoms with Gasteiger partial charge in [-0.25, -0.2) is 12.8 Å². The molecule has 0 aliphatic carbocycles. The van der Waals surface area contributed by atoms with Crippen LogP contribution in [0.15, 0.2) is 36.4 Å². The molecule has 0 saturated heterocycles. The van der Waals surface area contributed by atoms with Crippen LogP contribution in [0.1, 0.15) is 43.9 Å². The first kappa shape index (κ1) is 36.0. The number of hydrogen-bond donors (Lipinski definition) is 3. The molecule has 2 aromatic rings. The number of carboxylic acids is 1. The molecule has 236 valence electrons. The normalized spacial score (nSPS) is 12.8. The van der Waals surface area contributed by atoms with E-state index in [-0.39, 0.29) is 34.3 Å². The molecular weight excluding hydrogens is 623 g/mol. The summed E-state index contributed by atoms with van der Waals surface area (Å²) in [5.74, 6) is -4.19. The number of hydrogen-bond acceptors (Lipinski definition) is 8. The largest absolute Gasteiger partial charge is 0.494 e. The maximum atomic E-state index is 14.0. The lowest BCUT2D eigenvalue weighted by atomic mass is 10.0. The molecule has 14 heteroatoms. The van der Waals surface area contributed by atoms with Crippen molar-refractivity contribution >= 4 is 56.8 Å². The van der Waals surface area contributed by atoms with Gasteiger partial charge in [0.15, 0.2) is 15.6 Å². The second kappa shape index (κ2) is 16.6. The van der Waals surface area contributed by atoms with Gasteiger partial charge < -0.3 is 20.5 Å². The van der Waals surface area contributed by atoms with E-state index >= 15 is 0 Å². The van der Waals surface area contributed by atoms with Crippen LogP contribution in [0.4, 0.5) is 4.39 Å². The molecule has 3 N–H and O–H groups in total. The Hall–Kier alpha value is -3.16. The van der Waals surface area contributed by atoms with Crippen LogP contribution in [0, 0.1) is 11.7 Å². The van der Waals surface area contributed by atoms with E-state index in [2.05, 4.69) is 10.6 Å². The summed E-state index contributed by atoms with van der Waals surface area (Å²) < 4.78 is 43.1. The van der Waals surface area contributed by atoms with E-state index in [9.17, 15) is 37.1 Å². The van der Waals surface area contributed by atoms with E-state index < -0.39 is 63.6 Å². The molecule has 2 amide bonds. The topological polar surface area (TPSA) is 156 Å². The Morgan fingerprint density at radius 2 is 1.81 bits per heavy atom. The third-order valence-corrected chi connectivity index (χ3v) is 8.30. The van der Waals surface area contributed by atoms with Crippen molar-refractivity contribution in [3.63, 3.8) is 0 Å². The van der Waals surface area contributed by atoms with Crippen LogP contribution in [0.25, 0.3) is 0 Å². The number of thioether (sulfide) groups is 1. The number of ketones is 1. The molecule has 2 rings (SSSR count). The van der Waals surface area contributed by atoms with Gasteiger partial charge in [-0.3, -0.25) is 19.2 Å². The highest BCUT2D eigenvalue weighted by Crippen LogP contribution is 2.25. The fourth-order valence-corrected chi connectivity index (χ4v) is 6.19. The smallest absolute Gasteiger partial charge is 0.305 e. The minimum atomic E-state index is -3.33. The lowest BCUT2D eigenvalue weighted by Gasteiger charge is -2.25. The zero-order valence-electron chi connectivity index (χ0n) is 24.3. The van der Waals surface area contributed by atoms with Crippen LogP contribution in [0.2, 0.25) is 5.02 Å². The van der Waals surface area contributed by atoms with E-state index in [1.807, 2.05) is 0 Å². The highest BCUT2D eigenvalue weighted by atomic mass is 35.5. The zero-order valence-corrected chi connectivity index (χ0v) is 26.7. The highest BCUT2D eigenvalue weighted by Gasteiger charge is 2.30. The number of halogens is 2. The number of Topliss-reactive ketones (excluding diaryl/α,β-unsaturated/α-hetero) is 1. The molecule has 2 atom stereocenters. The summed E-state index contributed by atoms with van der Waals surface area (Å²) in [4.78, 5) is 50.6. The predicted octanol–water partition coefficient (Wildman–Crippen LogP) is 3.57. The lowest BCUT2D eigenvalue weighted by molar-refractivity contribution is -0.140. The number of nitrogens with one attached hydrogen (secondary N) is 2. The van der Waals surface area contributed by atoms with Crippen molar-refractivity contribution in [3.05, 3.63) is 63.9 Å². The quantitative estimate of drug-likeness (QED) is 0.231.